The van der Waals surface area contributed by atoms with Gasteiger partial charge in [-0.25, -0.2) is 4.79 Å². The third kappa shape index (κ3) is 3.85. The summed E-state index contributed by atoms with van der Waals surface area (Å²) in [7, 11) is 0. The standard InChI is InChI=1S/C15H15NO5/c1-9(13-6-7-14(21-13)15(18)19)20-12-5-3-4-11(8-12)16-10(2)17/h3-9H,1-2H3,(H,16,17)(H,18,19). The SMILES string of the molecule is CC(=O)Nc1cccc(OC(C)c2ccc(C(=O)O)o2)c1. The van der Waals surface area contributed by atoms with Crippen LogP contribution in [0.3, 0.4) is 0 Å². The Bertz CT molecular complexity index is 662. The highest BCUT2D eigenvalue weighted by molar-refractivity contribution is 5.88. The van der Waals surface area contributed by atoms with Gasteiger partial charge in [-0.3, -0.25) is 4.79 Å². The fraction of sp³-hybridized carbons (Fsp3) is 0.200. The van der Waals surface area contributed by atoms with E-state index in [0.717, 1.165) is 0 Å². The van der Waals surface area contributed by atoms with E-state index < -0.39 is 12.1 Å². The summed E-state index contributed by atoms with van der Waals surface area (Å²) < 4.78 is 10.9. The number of rotatable bonds is 5. The molecule has 0 aliphatic rings. The summed E-state index contributed by atoms with van der Waals surface area (Å²) in [4.78, 5) is 21.8. The Labute approximate surface area is 121 Å². The number of furan rings is 1. The number of anilines is 1. The zero-order chi connectivity index (χ0) is 15.4. The van der Waals surface area contributed by atoms with Crippen LogP contribution in [0.1, 0.15) is 36.3 Å². The van der Waals surface area contributed by atoms with Gasteiger partial charge >= 0.3 is 5.97 Å². The molecular formula is C15H15NO5. The van der Waals surface area contributed by atoms with Crippen molar-refractivity contribution in [3.8, 4) is 5.75 Å². The van der Waals surface area contributed by atoms with Gasteiger partial charge in [0.05, 0.1) is 0 Å². The predicted octanol–water partition coefficient (Wildman–Crippen LogP) is 3.08. The number of hydrogen-bond donors (Lipinski definition) is 2. The molecular weight excluding hydrogens is 274 g/mol. The molecule has 0 saturated heterocycles. The summed E-state index contributed by atoms with van der Waals surface area (Å²) in [5, 5.41) is 11.5. The van der Waals surface area contributed by atoms with Crippen molar-refractivity contribution < 1.29 is 23.8 Å². The molecule has 110 valence electrons. The largest absolute Gasteiger partial charge is 0.483 e. The number of nitrogens with one attached hydrogen (secondary N) is 1. The minimum atomic E-state index is -1.12. The van der Waals surface area contributed by atoms with Gasteiger partial charge in [-0.1, -0.05) is 6.07 Å². The molecule has 0 saturated carbocycles. The van der Waals surface area contributed by atoms with E-state index in [2.05, 4.69) is 5.32 Å². The fourth-order valence-corrected chi connectivity index (χ4v) is 1.80. The van der Waals surface area contributed by atoms with Gasteiger partial charge < -0.3 is 19.6 Å². The molecule has 0 fully saturated rings. The summed E-state index contributed by atoms with van der Waals surface area (Å²) in [5.41, 5.74) is 0.623. The molecule has 21 heavy (non-hydrogen) atoms. The highest BCUT2D eigenvalue weighted by Gasteiger charge is 2.15. The van der Waals surface area contributed by atoms with Crippen molar-refractivity contribution in [2.75, 3.05) is 5.32 Å². The molecule has 6 heteroatoms. The topological polar surface area (TPSA) is 88.8 Å². The molecule has 0 radical (unpaired) electrons. The summed E-state index contributed by atoms with van der Waals surface area (Å²) in [6.07, 6.45) is -0.453. The van der Waals surface area contributed by atoms with Gasteiger partial charge in [0.25, 0.3) is 0 Å². The lowest BCUT2D eigenvalue weighted by atomic mass is 10.2. The number of benzene rings is 1. The number of ether oxygens (including phenoxy) is 1. The van der Waals surface area contributed by atoms with Crippen molar-refractivity contribution in [1.29, 1.82) is 0 Å². The van der Waals surface area contributed by atoms with Gasteiger partial charge in [0.15, 0.2) is 6.10 Å². The van der Waals surface area contributed by atoms with E-state index in [9.17, 15) is 9.59 Å². The number of carboxylic acid groups (broad SMARTS) is 1. The maximum Gasteiger partial charge on any atom is 0.371 e. The Kier molecular flexibility index (Phi) is 4.27. The third-order valence-electron chi connectivity index (χ3n) is 2.71. The molecule has 0 aliphatic carbocycles. The number of amides is 1. The number of aromatic carboxylic acids is 1. The second-order valence-electron chi connectivity index (χ2n) is 4.48. The minimum absolute atomic E-state index is 0.132. The van der Waals surface area contributed by atoms with Gasteiger partial charge in [-0.2, -0.15) is 0 Å². The van der Waals surface area contributed by atoms with Crippen LogP contribution >= 0.6 is 0 Å². The molecule has 0 bridgehead atoms. The van der Waals surface area contributed by atoms with Gasteiger partial charge in [0.2, 0.25) is 11.7 Å². The van der Waals surface area contributed by atoms with Crippen LogP contribution in [0.25, 0.3) is 0 Å². The molecule has 1 atom stereocenters. The van der Waals surface area contributed by atoms with E-state index in [0.29, 0.717) is 17.2 Å². The monoisotopic (exact) mass is 289 g/mol. The quantitative estimate of drug-likeness (QED) is 0.883. The van der Waals surface area contributed by atoms with Gasteiger partial charge in [-0.15, -0.1) is 0 Å². The van der Waals surface area contributed by atoms with Crippen molar-refractivity contribution in [3.63, 3.8) is 0 Å². The molecule has 1 heterocycles. The molecule has 2 N–H and O–H groups in total. The van der Waals surface area contributed by atoms with Crippen molar-refractivity contribution in [1.82, 2.24) is 0 Å². The highest BCUT2D eigenvalue weighted by atomic mass is 16.5. The lowest BCUT2D eigenvalue weighted by Gasteiger charge is -2.13. The lowest BCUT2D eigenvalue weighted by Crippen LogP contribution is -2.06. The molecule has 1 unspecified atom stereocenters. The number of hydrogen-bond acceptors (Lipinski definition) is 4. The highest BCUT2D eigenvalue weighted by Crippen LogP contribution is 2.25. The molecule has 2 rings (SSSR count). The molecule has 6 nitrogen and oxygen atoms in total. The first kappa shape index (κ1) is 14.6. The van der Waals surface area contributed by atoms with Crippen LogP contribution in [0.15, 0.2) is 40.8 Å². The smallest absolute Gasteiger partial charge is 0.371 e. The van der Waals surface area contributed by atoms with Crippen LogP contribution < -0.4 is 10.1 Å². The van der Waals surface area contributed by atoms with Crippen LogP contribution in [0, 0.1) is 0 Å². The zero-order valence-corrected chi connectivity index (χ0v) is 11.6. The maximum atomic E-state index is 11.0. The van der Waals surface area contributed by atoms with Crippen LogP contribution in [0.5, 0.6) is 5.75 Å². The van der Waals surface area contributed by atoms with Gasteiger partial charge in [0.1, 0.15) is 11.5 Å². The molecule has 1 amide bonds. The summed E-state index contributed by atoms with van der Waals surface area (Å²) in [5.74, 6) is -0.467. The summed E-state index contributed by atoms with van der Waals surface area (Å²) >= 11 is 0. The lowest BCUT2D eigenvalue weighted by molar-refractivity contribution is -0.114. The predicted molar refractivity (Wildman–Crippen MR) is 75.5 cm³/mol. The number of carbonyl (C=O) groups is 2. The summed E-state index contributed by atoms with van der Waals surface area (Å²) in [6, 6.07) is 9.85. The third-order valence-corrected chi connectivity index (χ3v) is 2.71. The molecule has 0 aliphatic heterocycles. The average molecular weight is 289 g/mol. The Hall–Kier alpha value is -2.76. The minimum Gasteiger partial charge on any atom is -0.483 e. The van der Waals surface area contributed by atoms with E-state index in [-0.39, 0.29) is 11.7 Å². The maximum absolute atomic E-state index is 11.0. The molecule has 0 spiro atoms. The van der Waals surface area contributed by atoms with Gasteiger partial charge in [-0.05, 0) is 31.2 Å². The molecule has 2 aromatic rings. The summed E-state index contributed by atoms with van der Waals surface area (Å²) in [6.45, 7) is 3.17. The van der Waals surface area contributed by atoms with E-state index in [1.54, 1.807) is 37.3 Å². The van der Waals surface area contributed by atoms with Crippen molar-refractivity contribution >= 4 is 17.6 Å². The van der Waals surface area contributed by atoms with Crippen molar-refractivity contribution in [3.05, 3.63) is 47.9 Å². The van der Waals surface area contributed by atoms with Crippen LogP contribution in [0.4, 0.5) is 5.69 Å². The van der Waals surface area contributed by atoms with Crippen LogP contribution in [-0.4, -0.2) is 17.0 Å². The Balaban J connectivity index is 2.09. The Morgan fingerprint density at radius 2 is 2.05 bits per heavy atom. The van der Waals surface area contributed by atoms with Crippen LogP contribution in [0.2, 0.25) is 0 Å². The zero-order valence-electron chi connectivity index (χ0n) is 11.6. The average Bonchev–Trinajstić information content (AvgIpc) is 2.88. The van der Waals surface area contributed by atoms with E-state index in [4.69, 9.17) is 14.3 Å². The molecule has 1 aromatic heterocycles. The number of carboxylic acids is 1. The Morgan fingerprint density at radius 1 is 1.29 bits per heavy atom. The fourth-order valence-electron chi connectivity index (χ4n) is 1.80. The normalized spacial score (nSPS) is 11.7. The number of carbonyl (C=O) groups excluding carboxylic acids is 1. The van der Waals surface area contributed by atoms with Crippen LogP contribution in [-0.2, 0) is 4.79 Å². The Morgan fingerprint density at radius 3 is 2.67 bits per heavy atom. The first-order chi connectivity index (χ1) is 9.95. The van der Waals surface area contributed by atoms with E-state index >= 15 is 0 Å². The first-order valence-electron chi connectivity index (χ1n) is 6.33. The second kappa shape index (κ2) is 6.13. The van der Waals surface area contributed by atoms with E-state index in [1.807, 2.05) is 0 Å². The molecule has 1 aromatic carbocycles. The van der Waals surface area contributed by atoms with E-state index in [1.165, 1.54) is 13.0 Å². The first-order valence-corrected chi connectivity index (χ1v) is 6.33. The van der Waals surface area contributed by atoms with Gasteiger partial charge in [0, 0.05) is 18.7 Å². The van der Waals surface area contributed by atoms with Crippen molar-refractivity contribution in [2.45, 2.75) is 20.0 Å². The second-order valence-corrected chi connectivity index (χ2v) is 4.48. The van der Waals surface area contributed by atoms with Crippen molar-refractivity contribution in [2.24, 2.45) is 0 Å².